The van der Waals surface area contributed by atoms with Crippen LogP contribution in [-0.4, -0.2) is 49.0 Å². The fourth-order valence-corrected chi connectivity index (χ4v) is 3.07. The third-order valence-corrected chi connectivity index (χ3v) is 4.53. The van der Waals surface area contributed by atoms with Gasteiger partial charge >= 0.3 is 18.3 Å². The maximum Gasteiger partial charge on any atom is 0.511 e. The zero-order valence-electron chi connectivity index (χ0n) is 18.4. The third kappa shape index (κ3) is 7.40. The van der Waals surface area contributed by atoms with E-state index in [0.29, 0.717) is 5.56 Å². The molecule has 0 N–H and O–H groups in total. The summed E-state index contributed by atoms with van der Waals surface area (Å²) >= 11 is 5.94. The van der Waals surface area contributed by atoms with Gasteiger partial charge in [0, 0.05) is 22.9 Å². The molecular formula is C20H21ClF3NO9. The molecule has 0 fully saturated rings. The number of rotatable bonds is 8. The summed E-state index contributed by atoms with van der Waals surface area (Å²) in [7, 11) is 0. The number of fused-ring (bicyclic) bond motifs is 1. The average molecular weight is 512 g/mol. The molecule has 1 aromatic carbocycles. The first-order chi connectivity index (χ1) is 15.6. The monoisotopic (exact) mass is 511 g/mol. The zero-order chi connectivity index (χ0) is 25.8. The molecular weight excluding hydrogens is 491 g/mol. The fraction of sp³-hybridized carbons (Fsp3) is 0.500. The van der Waals surface area contributed by atoms with E-state index in [1.807, 2.05) is 0 Å². The Hall–Kier alpha value is -3.22. The predicted molar refractivity (Wildman–Crippen MR) is 109 cm³/mol. The Balaban J connectivity index is 2.06. The quantitative estimate of drug-likeness (QED) is 0.212. The van der Waals surface area contributed by atoms with E-state index in [4.69, 9.17) is 30.5 Å². The molecule has 0 saturated carbocycles. The maximum absolute atomic E-state index is 13.6. The minimum Gasteiger partial charge on any atom is -0.475 e. The molecule has 0 saturated heterocycles. The van der Waals surface area contributed by atoms with Crippen molar-refractivity contribution >= 4 is 29.8 Å². The van der Waals surface area contributed by atoms with Gasteiger partial charge < -0.3 is 23.8 Å². The summed E-state index contributed by atoms with van der Waals surface area (Å²) in [5.41, 5.74) is -1.34. The van der Waals surface area contributed by atoms with Crippen LogP contribution in [0.1, 0.15) is 31.9 Å². The van der Waals surface area contributed by atoms with Crippen molar-refractivity contribution in [2.75, 3.05) is 13.2 Å². The van der Waals surface area contributed by atoms with Gasteiger partial charge in [-0.1, -0.05) is 25.4 Å². The number of ether oxygens (including phenoxy) is 4. The highest BCUT2D eigenvalue weighted by atomic mass is 35.5. The lowest BCUT2D eigenvalue weighted by molar-refractivity contribution is -0.760. The van der Waals surface area contributed by atoms with Gasteiger partial charge in [0.05, 0.1) is 5.57 Å². The van der Waals surface area contributed by atoms with Crippen LogP contribution in [-0.2, 0) is 23.8 Å². The Morgan fingerprint density at radius 2 is 1.88 bits per heavy atom. The molecule has 0 aromatic heterocycles. The van der Waals surface area contributed by atoms with E-state index in [1.165, 1.54) is 32.9 Å². The lowest BCUT2D eigenvalue weighted by Gasteiger charge is -2.29. The average Bonchev–Trinajstić information content (AvgIpc) is 2.69. The van der Waals surface area contributed by atoms with E-state index in [-0.39, 0.29) is 29.5 Å². The summed E-state index contributed by atoms with van der Waals surface area (Å²) < 4.78 is 60.1. The maximum atomic E-state index is 13.6. The van der Waals surface area contributed by atoms with Crippen LogP contribution in [0.4, 0.5) is 18.0 Å². The second kappa shape index (κ2) is 10.4. The van der Waals surface area contributed by atoms with E-state index in [1.54, 1.807) is 0 Å². The fourth-order valence-electron chi connectivity index (χ4n) is 2.79. The van der Waals surface area contributed by atoms with Gasteiger partial charge in [0.15, 0.2) is 0 Å². The Bertz CT molecular complexity index is 994. The van der Waals surface area contributed by atoms with Crippen molar-refractivity contribution in [2.45, 2.75) is 46.3 Å². The topological polar surface area (TPSA) is 123 Å². The van der Waals surface area contributed by atoms with Crippen LogP contribution in [0.25, 0.3) is 6.08 Å². The highest BCUT2D eigenvalue weighted by Crippen LogP contribution is 2.40. The summed E-state index contributed by atoms with van der Waals surface area (Å²) in [5, 5.41) is 9.48. The second-order valence-corrected chi connectivity index (χ2v) is 8.51. The SMILES string of the molecule is Cc1cc(Cl)cc2c1O[C@H](C(F)(F)F)C(C(=O)OC(C)OC(=O)OCC(C)(C)CO[N+](=O)[O-])=C2. The van der Waals surface area contributed by atoms with Crippen molar-refractivity contribution < 1.29 is 51.6 Å². The minimum absolute atomic E-state index is 0.0835. The van der Waals surface area contributed by atoms with Crippen LogP contribution < -0.4 is 4.74 Å². The first-order valence-electron chi connectivity index (χ1n) is 9.66. The normalized spacial score (nSPS) is 16.4. The van der Waals surface area contributed by atoms with E-state index in [0.717, 1.165) is 13.0 Å². The van der Waals surface area contributed by atoms with Crippen molar-refractivity contribution in [1.82, 2.24) is 0 Å². The predicted octanol–water partition coefficient (Wildman–Crippen LogP) is 4.63. The molecule has 10 nitrogen and oxygen atoms in total. The molecule has 188 valence electrons. The largest absolute Gasteiger partial charge is 0.511 e. The van der Waals surface area contributed by atoms with Gasteiger partial charge in [-0.05, 0) is 30.7 Å². The summed E-state index contributed by atoms with van der Waals surface area (Å²) in [6.07, 6.45) is -9.57. The van der Waals surface area contributed by atoms with E-state index in [9.17, 15) is 32.9 Å². The molecule has 14 heteroatoms. The molecule has 1 heterocycles. The molecule has 1 aliphatic rings. The van der Waals surface area contributed by atoms with Crippen LogP contribution in [0, 0.1) is 22.5 Å². The van der Waals surface area contributed by atoms with E-state index >= 15 is 0 Å². The summed E-state index contributed by atoms with van der Waals surface area (Å²) in [4.78, 5) is 38.8. The van der Waals surface area contributed by atoms with Crippen molar-refractivity contribution in [2.24, 2.45) is 5.41 Å². The molecule has 0 spiro atoms. The number of carbonyl (C=O) groups is 2. The standard InChI is InChI=1S/C20H21ClF3NO9/c1-10-5-13(21)6-12-7-14(16(20(22,23)24)34-15(10)12)17(26)32-11(2)33-18(27)30-8-19(3,4)9-31-25(28)29/h5-7,11,16H,8-9H2,1-4H3/t11?,16-/m0/s1. The van der Waals surface area contributed by atoms with Gasteiger partial charge in [0.25, 0.3) is 5.09 Å². The summed E-state index contributed by atoms with van der Waals surface area (Å²) in [6, 6.07) is 2.74. The number of esters is 1. The van der Waals surface area contributed by atoms with Crippen LogP contribution in [0.2, 0.25) is 5.02 Å². The smallest absolute Gasteiger partial charge is 0.475 e. The van der Waals surface area contributed by atoms with Crippen molar-refractivity contribution in [1.29, 1.82) is 0 Å². The zero-order valence-corrected chi connectivity index (χ0v) is 19.2. The van der Waals surface area contributed by atoms with Crippen LogP contribution >= 0.6 is 11.6 Å². The Kier molecular flexibility index (Phi) is 8.24. The van der Waals surface area contributed by atoms with Gasteiger partial charge in [-0.2, -0.15) is 13.2 Å². The van der Waals surface area contributed by atoms with Crippen LogP contribution in [0.5, 0.6) is 5.75 Å². The molecule has 2 atom stereocenters. The van der Waals surface area contributed by atoms with Crippen LogP contribution in [0.3, 0.4) is 0 Å². The number of alkyl halides is 3. The van der Waals surface area contributed by atoms with E-state index in [2.05, 4.69) is 4.84 Å². The molecule has 1 aliphatic heterocycles. The van der Waals surface area contributed by atoms with Gasteiger partial charge in [-0.25, -0.2) is 9.59 Å². The Morgan fingerprint density at radius 3 is 2.47 bits per heavy atom. The first kappa shape index (κ1) is 27.0. The molecule has 0 radical (unpaired) electrons. The lowest BCUT2D eigenvalue weighted by atomic mass is 9.97. The van der Waals surface area contributed by atoms with Crippen molar-refractivity contribution in [3.05, 3.63) is 44.0 Å². The number of halogens is 4. The number of hydrogen-bond donors (Lipinski definition) is 0. The molecule has 1 unspecified atom stereocenters. The second-order valence-electron chi connectivity index (χ2n) is 8.07. The molecule has 2 rings (SSSR count). The minimum atomic E-state index is -4.95. The first-order valence-corrected chi connectivity index (χ1v) is 10.0. The summed E-state index contributed by atoms with van der Waals surface area (Å²) in [6.45, 7) is 4.86. The van der Waals surface area contributed by atoms with E-state index < -0.39 is 46.8 Å². The van der Waals surface area contributed by atoms with Gasteiger partial charge in [0.1, 0.15) is 19.0 Å². The number of aryl methyl sites for hydroxylation is 1. The Labute approximate surface area is 196 Å². The number of nitrogens with zero attached hydrogens (tertiary/aromatic N) is 1. The highest BCUT2D eigenvalue weighted by molar-refractivity contribution is 6.30. The van der Waals surface area contributed by atoms with Crippen molar-refractivity contribution in [3.63, 3.8) is 0 Å². The number of carbonyl (C=O) groups excluding carboxylic acids is 2. The van der Waals surface area contributed by atoms with Gasteiger partial charge in [-0.3, -0.25) is 0 Å². The molecule has 0 amide bonds. The lowest BCUT2D eigenvalue weighted by Crippen LogP contribution is -2.41. The Morgan fingerprint density at radius 1 is 1.24 bits per heavy atom. The third-order valence-electron chi connectivity index (χ3n) is 4.31. The summed E-state index contributed by atoms with van der Waals surface area (Å²) in [5.74, 6) is -1.52. The number of benzene rings is 1. The highest BCUT2D eigenvalue weighted by Gasteiger charge is 2.49. The molecule has 0 bridgehead atoms. The van der Waals surface area contributed by atoms with Gasteiger partial charge in [-0.15, -0.1) is 10.1 Å². The number of hydrogen-bond acceptors (Lipinski definition) is 9. The van der Waals surface area contributed by atoms with Crippen LogP contribution in [0.15, 0.2) is 17.7 Å². The van der Waals surface area contributed by atoms with Crippen molar-refractivity contribution in [3.8, 4) is 5.75 Å². The molecule has 1 aromatic rings. The molecule has 0 aliphatic carbocycles. The van der Waals surface area contributed by atoms with Gasteiger partial charge in [0.2, 0.25) is 12.4 Å². The molecule has 34 heavy (non-hydrogen) atoms.